The van der Waals surface area contributed by atoms with Gasteiger partial charge in [-0.25, -0.2) is 4.98 Å². The number of aromatic nitrogens is 4. The molecule has 0 fully saturated rings. The lowest BCUT2D eigenvalue weighted by atomic mass is 9.93. The van der Waals surface area contributed by atoms with Crippen molar-refractivity contribution < 1.29 is 13.1 Å². The van der Waals surface area contributed by atoms with Gasteiger partial charge in [0.2, 0.25) is 0 Å². The van der Waals surface area contributed by atoms with E-state index in [-0.39, 0.29) is 5.41 Å². The molecule has 2 aromatic heterocycles. The Morgan fingerprint density at radius 3 is 2.42 bits per heavy atom. The second-order valence-electron chi connectivity index (χ2n) is 10.7. The smallest absolute Gasteiger partial charge is 0.316 e. The van der Waals surface area contributed by atoms with Crippen molar-refractivity contribution in [3.63, 3.8) is 0 Å². The average molecular weight is 538 g/mol. The van der Waals surface area contributed by atoms with E-state index in [4.69, 9.17) is 8.92 Å². The summed E-state index contributed by atoms with van der Waals surface area (Å²) < 4.78 is 29.0. The summed E-state index contributed by atoms with van der Waals surface area (Å²) in [6.45, 7) is 11.2. The molecule has 4 aromatic rings. The molecule has 2 N–H and O–H groups in total. The van der Waals surface area contributed by atoms with Crippen molar-refractivity contribution in [3.05, 3.63) is 59.8 Å². The minimum Gasteiger partial charge on any atom is -0.490 e. The van der Waals surface area contributed by atoms with Gasteiger partial charge in [0.25, 0.3) is 0 Å². The predicted octanol–water partition coefficient (Wildman–Crippen LogP) is 7.14. The van der Waals surface area contributed by atoms with Gasteiger partial charge < -0.3 is 8.92 Å². The van der Waals surface area contributed by atoms with Crippen LogP contribution in [-0.4, -0.2) is 30.6 Å². The largest absolute Gasteiger partial charge is 0.490 e. The number of hydrogen-bond acceptors (Lipinski definition) is 5. The van der Waals surface area contributed by atoms with Crippen LogP contribution in [0.25, 0.3) is 17.0 Å². The highest BCUT2D eigenvalue weighted by Crippen LogP contribution is 2.30. The third-order valence-corrected chi connectivity index (χ3v) is 7.04. The van der Waals surface area contributed by atoms with Crippen LogP contribution in [0.4, 0.5) is 5.69 Å². The van der Waals surface area contributed by atoms with Gasteiger partial charge in [-0.05, 0) is 55.3 Å². The quantitative estimate of drug-likeness (QED) is 0.177. The molecule has 2 heterocycles. The lowest BCUT2D eigenvalue weighted by Gasteiger charge is -2.14. The van der Waals surface area contributed by atoms with Gasteiger partial charge >= 0.3 is 11.3 Å². The molecule has 0 aliphatic carbocycles. The highest BCUT2D eigenvalue weighted by Gasteiger charge is 2.19. The van der Waals surface area contributed by atoms with E-state index in [1.807, 2.05) is 55.5 Å². The monoisotopic (exact) mass is 537 g/mol. The van der Waals surface area contributed by atoms with Gasteiger partial charge in [-0.2, -0.15) is 8.84 Å². The van der Waals surface area contributed by atoms with E-state index < -0.39 is 11.3 Å². The first-order valence-electron chi connectivity index (χ1n) is 13.4. The standard InChI is InChI=1S/C29H39N5O3S/c1-6-7-8-9-10-11-18-36-24-17-12-21(2)19-25(24)37-38(35)33-23-15-13-22(14-16-23)28-30-27-20-26(29(3,4)5)31-34(27)32-28/h12-17,19-20,31,33H,6-11,18H2,1-5H3. The molecule has 2 aromatic carbocycles. The van der Waals surface area contributed by atoms with Gasteiger partial charge in [-0.15, -0.1) is 5.10 Å². The third-order valence-electron chi connectivity index (χ3n) is 6.30. The lowest BCUT2D eigenvalue weighted by Crippen LogP contribution is -2.12. The summed E-state index contributed by atoms with van der Waals surface area (Å²) in [6.07, 6.45) is 7.17. The first kappa shape index (κ1) is 27.7. The van der Waals surface area contributed by atoms with Crippen molar-refractivity contribution in [1.29, 1.82) is 0 Å². The number of ether oxygens (including phenoxy) is 1. The zero-order valence-electron chi connectivity index (χ0n) is 23.0. The van der Waals surface area contributed by atoms with Crippen molar-refractivity contribution in [2.45, 2.75) is 78.6 Å². The SMILES string of the molecule is CCCCCCCCOc1ccc(C)cc1OS(=O)Nc1ccc(-c2nc3cc(C(C)(C)C)[nH]n3n2)cc1. The van der Waals surface area contributed by atoms with E-state index in [0.717, 1.165) is 35.3 Å². The molecule has 0 amide bonds. The summed E-state index contributed by atoms with van der Waals surface area (Å²) in [5.41, 5.74) is 4.37. The van der Waals surface area contributed by atoms with E-state index in [9.17, 15) is 4.21 Å². The number of rotatable bonds is 13. The topological polar surface area (TPSA) is 93.5 Å². The molecule has 1 atom stereocenters. The maximum atomic E-state index is 12.8. The predicted molar refractivity (Wildman–Crippen MR) is 154 cm³/mol. The van der Waals surface area contributed by atoms with Crippen LogP contribution in [0.1, 0.15) is 77.5 Å². The summed E-state index contributed by atoms with van der Waals surface area (Å²) in [6, 6.07) is 15.1. The van der Waals surface area contributed by atoms with E-state index in [0.29, 0.717) is 29.6 Å². The van der Waals surface area contributed by atoms with Gasteiger partial charge in [-0.1, -0.05) is 65.9 Å². The number of unbranched alkanes of at least 4 members (excludes halogenated alkanes) is 5. The number of H-pyrrole nitrogens is 1. The van der Waals surface area contributed by atoms with Crippen LogP contribution in [0.15, 0.2) is 48.5 Å². The number of aromatic amines is 1. The molecule has 0 spiro atoms. The van der Waals surface area contributed by atoms with Gasteiger partial charge in [0.15, 0.2) is 23.0 Å². The summed E-state index contributed by atoms with van der Waals surface area (Å²) in [7, 11) is 0. The number of anilines is 1. The highest BCUT2D eigenvalue weighted by molar-refractivity contribution is 7.82. The van der Waals surface area contributed by atoms with Crippen molar-refractivity contribution >= 4 is 22.6 Å². The molecule has 0 bridgehead atoms. The number of benzene rings is 2. The number of nitrogens with zero attached hydrogens (tertiary/aromatic N) is 3. The van der Waals surface area contributed by atoms with E-state index in [2.05, 4.69) is 47.6 Å². The fourth-order valence-electron chi connectivity index (χ4n) is 4.03. The number of aryl methyl sites for hydroxylation is 1. The van der Waals surface area contributed by atoms with Gasteiger partial charge in [0, 0.05) is 28.4 Å². The minimum atomic E-state index is -1.79. The molecule has 0 aliphatic rings. The van der Waals surface area contributed by atoms with Crippen LogP contribution in [0.2, 0.25) is 0 Å². The minimum absolute atomic E-state index is 0.00714. The number of fused-ring (bicyclic) bond motifs is 1. The fraction of sp³-hybridized carbons (Fsp3) is 0.448. The summed E-state index contributed by atoms with van der Waals surface area (Å²) in [5.74, 6) is 1.68. The zero-order valence-corrected chi connectivity index (χ0v) is 23.9. The molecular formula is C29H39N5O3S. The van der Waals surface area contributed by atoms with Gasteiger partial charge in [-0.3, -0.25) is 9.82 Å². The number of hydrogen-bond donors (Lipinski definition) is 2. The Labute approximate surface area is 227 Å². The van der Waals surface area contributed by atoms with Crippen molar-refractivity contribution in [2.75, 3.05) is 11.3 Å². The Bertz CT molecular complexity index is 1320. The summed E-state index contributed by atoms with van der Waals surface area (Å²) >= 11 is -1.79. The van der Waals surface area contributed by atoms with E-state index >= 15 is 0 Å². The molecular weight excluding hydrogens is 498 g/mol. The zero-order chi connectivity index (χ0) is 27.1. The second kappa shape index (κ2) is 12.5. The first-order valence-corrected chi connectivity index (χ1v) is 14.5. The molecule has 8 nitrogen and oxygen atoms in total. The molecule has 4 rings (SSSR count). The Kier molecular flexibility index (Phi) is 9.09. The van der Waals surface area contributed by atoms with Crippen molar-refractivity contribution in [1.82, 2.24) is 19.8 Å². The Morgan fingerprint density at radius 1 is 0.974 bits per heavy atom. The van der Waals surface area contributed by atoms with Crippen molar-refractivity contribution in [2.24, 2.45) is 0 Å². The van der Waals surface area contributed by atoms with Crippen LogP contribution in [0.5, 0.6) is 11.5 Å². The van der Waals surface area contributed by atoms with Crippen LogP contribution >= 0.6 is 0 Å². The average Bonchev–Trinajstić information content (AvgIpc) is 3.45. The molecule has 204 valence electrons. The van der Waals surface area contributed by atoms with Crippen LogP contribution in [-0.2, 0) is 16.7 Å². The lowest BCUT2D eigenvalue weighted by molar-refractivity contribution is 0.296. The van der Waals surface area contributed by atoms with E-state index in [1.165, 1.54) is 25.7 Å². The van der Waals surface area contributed by atoms with Gasteiger partial charge in [0.05, 0.1) is 6.61 Å². The summed E-state index contributed by atoms with van der Waals surface area (Å²) in [5, 5.41) is 7.85. The third kappa shape index (κ3) is 7.37. The van der Waals surface area contributed by atoms with Crippen molar-refractivity contribution in [3.8, 4) is 22.9 Å². The molecule has 0 saturated carbocycles. The number of nitrogens with one attached hydrogen (secondary N) is 2. The highest BCUT2D eigenvalue weighted by atomic mass is 32.2. The Morgan fingerprint density at radius 2 is 1.71 bits per heavy atom. The summed E-state index contributed by atoms with van der Waals surface area (Å²) in [4.78, 5) is 4.63. The van der Waals surface area contributed by atoms with Crippen LogP contribution in [0, 0.1) is 6.92 Å². The molecule has 38 heavy (non-hydrogen) atoms. The Balaban J connectivity index is 1.33. The fourth-order valence-corrected chi connectivity index (χ4v) is 4.70. The normalized spacial score (nSPS) is 12.6. The molecule has 0 radical (unpaired) electrons. The Hall–Kier alpha value is -3.33. The second-order valence-corrected chi connectivity index (χ2v) is 11.5. The molecule has 1 unspecified atom stereocenters. The van der Waals surface area contributed by atoms with Crippen LogP contribution < -0.4 is 13.6 Å². The molecule has 9 heteroatoms. The van der Waals surface area contributed by atoms with Gasteiger partial charge in [0.1, 0.15) is 0 Å². The van der Waals surface area contributed by atoms with E-state index in [1.54, 1.807) is 4.63 Å². The maximum absolute atomic E-state index is 12.8. The molecule has 0 aliphatic heterocycles. The first-order chi connectivity index (χ1) is 18.2. The maximum Gasteiger partial charge on any atom is 0.316 e. The molecule has 0 saturated heterocycles. The van der Waals surface area contributed by atoms with Crippen LogP contribution in [0.3, 0.4) is 0 Å².